The van der Waals surface area contributed by atoms with E-state index in [9.17, 15) is 0 Å². The van der Waals surface area contributed by atoms with Gasteiger partial charge in [0.05, 0.1) is 12.1 Å². The molecule has 0 aromatic carbocycles. The summed E-state index contributed by atoms with van der Waals surface area (Å²) in [6.45, 7) is 2.53. The van der Waals surface area contributed by atoms with Gasteiger partial charge in [-0.1, -0.05) is 0 Å². The van der Waals surface area contributed by atoms with Gasteiger partial charge in [0.15, 0.2) is 0 Å². The van der Waals surface area contributed by atoms with Crippen LogP contribution in [0.4, 0.5) is 0 Å². The molecule has 48 valence electrons. The van der Waals surface area contributed by atoms with Gasteiger partial charge in [0.1, 0.15) is 0 Å². The topological polar surface area (TPSA) is 35.8 Å². The summed E-state index contributed by atoms with van der Waals surface area (Å²) in [5.41, 5.74) is 0. The van der Waals surface area contributed by atoms with Crippen LogP contribution in [0.2, 0.25) is 0 Å². The molecule has 0 aromatic heterocycles. The molecule has 0 aliphatic rings. The molecule has 0 amide bonds. The molecule has 0 saturated heterocycles. The second kappa shape index (κ2) is 5.15. The first-order valence-corrected chi connectivity index (χ1v) is 2.87. The van der Waals surface area contributed by atoms with Gasteiger partial charge in [-0.3, -0.25) is 0 Å². The predicted molar refractivity (Wildman–Crippen MR) is 36.5 cm³/mol. The van der Waals surface area contributed by atoms with Crippen LogP contribution in [-0.4, -0.2) is 12.6 Å². The Morgan fingerprint density at radius 3 is 2.89 bits per heavy atom. The number of nitriles is 1. The van der Waals surface area contributed by atoms with Crippen LogP contribution in [0, 0.1) is 23.7 Å². The zero-order chi connectivity index (χ0) is 7.11. The first-order chi connectivity index (χ1) is 4.31. The molecule has 2 heteroatoms. The highest BCUT2D eigenvalue weighted by Gasteiger charge is 1.93. The lowest BCUT2D eigenvalue weighted by molar-refractivity contribution is 0.651. The third-order valence-electron chi connectivity index (χ3n) is 0.914. The van der Waals surface area contributed by atoms with Crippen molar-refractivity contribution in [3.63, 3.8) is 0 Å². The zero-order valence-electron chi connectivity index (χ0n) is 5.52. The molecule has 0 bridgehead atoms. The Hall–Kier alpha value is -0.990. The Morgan fingerprint density at radius 2 is 2.44 bits per heavy atom. The fourth-order valence-corrected chi connectivity index (χ4v) is 0.406. The number of rotatable bonds is 3. The van der Waals surface area contributed by atoms with Gasteiger partial charge in [-0.05, 0) is 6.92 Å². The molecular weight excluding hydrogens is 112 g/mol. The Kier molecular flexibility index (Phi) is 4.59. The smallest absolute Gasteiger partial charge is 0.0924 e. The van der Waals surface area contributed by atoms with E-state index >= 15 is 0 Å². The van der Waals surface area contributed by atoms with Gasteiger partial charge in [-0.15, -0.1) is 12.3 Å². The van der Waals surface area contributed by atoms with Crippen molar-refractivity contribution >= 4 is 0 Å². The summed E-state index contributed by atoms with van der Waals surface area (Å²) in [4.78, 5) is 0. The van der Waals surface area contributed by atoms with Crippen LogP contribution in [0.25, 0.3) is 0 Å². The number of terminal acetylenes is 1. The van der Waals surface area contributed by atoms with Crippen LogP contribution in [0.3, 0.4) is 0 Å². The van der Waals surface area contributed by atoms with Crippen LogP contribution in [0.5, 0.6) is 0 Å². The molecule has 1 atom stereocenters. The summed E-state index contributed by atoms with van der Waals surface area (Å²) in [6, 6.07) is 1.96. The average Bonchev–Trinajstić information content (AvgIpc) is 1.89. The molecule has 0 rings (SSSR count). The van der Waals surface area contributed by atoms with E-state index in [1.54, 1.807) is 6.92 Å². The van der Waals surface area contributed by atoms with E-state index in [-0.39, 0.29) is 6.04 Å². The molecule has 0 radical (unpaired) electrons. The van der Waals surface area contributed by atoms with Gasteiger partial charge in [0, 0.05) is 13.0 Å². The van der Waals surface area contributed by atoms with Gasteiger partial charge >= 0.3 is 0 Å². The lowest BCUT2D eigenvalue weighted by atomic mass is 10.3. The van der Waals surface area contributed by atoms with Crippen molar-refractivity contribution < 1.29 is 0 Å². The third kappa shape index (κ3) is 4.87. The van der Waals surface area contributed by atoms with Gasteiger partial charge in [0.25, 0.3) is 0 Å². The molecule has 0 saturated carbocycles. The molecule has 0 aliphatic carbocycles. The van der Waals surface area contributed by atoms with Crippen LogP contribution in [0.15, 0.2) is 0 Å². The second-order valence-electron chi connectivity index (χ2n) is 1.76. The molecule has 0 fully saturated rings. The minimum absolute atomic E-state index is 0.0849. The molecule has 0 aliphatic heterocycles. The van der Waals surface area contributed by atoms with Crippen LogP contribution >= 0.6 is 0 Å². The van der Waals surface area contributed by atoms with E-state index < -0.39 is 0 Å². The van der Waals surface area contributed by atoms with E-state index in [1.807, 2.05) is 6.07 Å². The number of nitrogens with one attached hydrogen (secondary N) is 1. The fraction of sp³-hybridized carbons (Fsp3) is 0.571. The Labute approximate surface area is 55.9 Å². The van der Waals surface area contributed by atoms with Gasteiger partial charge < -0.3 is 5.32 Å². The predicted octanol–water partition coefficient (Wildman–Crippen LogP) is 0.511. The van der Waals surface area contributed by atoms with Crippen molar-refractivity contribution in [3.8, 4) is 18.4 Å². The first-order valence-electron chi connectivity index (χ1n) is 2.87. The molecule has 1 unspecified atom stereocenters. The third-order valence-corrected chi connectivity index (χ3v) is 0.914. The fourth-order valence-electron chi connectivity index (χ4n) is 0.406. The molecule has 2 nitrogen and oxygen atoms in total. The molecule has 0 aromatic rings. The summed E-state index contributed by atoms with van der Waals surface area (Å²) in [5, 5.41) is 11.2. The highest BCUT2D eigenvalue weighted by molar-refractivity contribution is 4.89. The molecule has 1 N–H and O–H groups in total. The van der Waals surface area contributed by atoms with Crippen molar-refractivity contribution in [1.29, 1.82) is 5.26 Å². The van der Waals surface area contributed by atoms with E-state index in [1.165, 1.54) is 0 Å². The Bertz CT molecular complexity index is 138. The van der Waals surface area contributed by atoms with Crippen LogP contribution in [0.1, 0.15) is 13.3 Å². The van der Waals surface area contributed by atoms with Crippen LogP contribution < -0.4 is 5.32 Å². The lowest BCUT2D eigenvalue weighted by Crippen LogP contribution is -2.24. The number of nitrogens with zero attached hydrogens (tertiary/aromatic N) is 1. The number of hydrogen-bond donors (Lipinski definition) is 1. The van der Waals surface area contributed by atoms with Crippen molar-refractivity contribution in [1.82, 2.24) is 5.32 Å². The van der Waals surface area contributed by atoms with Gasteiger partial charge in [-0.25, -0.2) is 0 Å². The zero-order valence-corrected chi connectivity index (χ0v) is 5.52. The van der Waals surface area contributed by atoms with Crippen molar-refractivity contribution in [2.45, 2.75) is 19.4 Å². The highest BCUT2D eigenvalue weighted by atomic mass is 14.9. The van der Waals surface area contributed by atoms with E-state index in [4.69, 9.17) is 11.7 Å². The van der Waals surface area contributed by atoms with Gasteiger partial charge in [0.2, 0.25) is 0 Å². The second-order valence-corrected chi connectivity index (χ2v) is 1.76. The average molecular weight is 122 g/mol. The highest BCUT2D eigenvalue weighted by Crippen LogP contribution is 1.77. The maximum Gasteiger partial charge on any atom is 0.0924 e. The largest absolute Gasteiger partial charge is 0.301 e. The van der Waals surface area contributed by atoms with E-state index in [2.05, 4.69) is 11.2 Å². The van der Waals surface area contributed by atoms with E-state index in [0.29, 0.717) is 6.42 Å². The summed E-state index contributed by atoms with van der Waals surface area (Å²) >= 11 is 0. The molecule has 9 heavy (non-hydrogen) atoms. The van der Waals surface area contributed by atoms with Crippen molar-refractivity contribution in [2.75, 3.05) is 6.54 Å². The lowest BCUT2D eigenvalue weighted by Gasteiger charge is -2.00. The minimum atomic E-state index is -0.0849. The molecule has 0 spiro atoms. The monoisotopic (exact) mass is 122 g/mol. The normalized spacial score (nSPS) is 11.4. The quantitative estimate of drug-likeness (QED) is 0.437. The summed E-state index contributed by atoms with van der Waals surface area (Å²) in [7, 11) is 0. The van der Waals surface area contributed by atoms with E-state index in [0.717, 1.165) is 6.54 Å². The summed E-state index contributed by atoms with van der Waals surface area (Å²) < 4.78 is 0. The molecule has 0 heterocycles. The standard InChI is InChI=1S/C7H10N2/c1-3-4-5-9-7(2)6-8/h1,7,9H,4-5H2,2H3. The summed E-state index contributed by atoms with van der Waals surface area (Å²) in [6.07, 6.45) is 5.67. The number of hydrogen-bond acceptors (Lipinski definition) is 2. The minimum Gasteiger partial charge on any atom is -0.301 e. The SMILES string of the molecule is C#CCCNC(C)C#N. The van der Waals surface area contributed by atoms with Crippen molar-refractivity contribution in [2.24, 2.45) is 0 Å². The maximum absolute atomic E-state index is 8.27. The molecular formula is C7H10N2. The first kappa shape index (κ1) is 8.01. The maximum atomic E-state index is 8.27. The van der Waals surface area contributed by atoms with Crippen LogP contribution in [-0.2, 0) is 0 Å². The Morgan fingerprint density at radius 1 is 1.78 bits per heavy atom. The van der Waals surface area contributed by atoms with Gasteiger partial charge in [-0.2, -0.15) is 5.26 Å². The Balaban J connectivity index is 3.12. The van der Waals surface area contributed by atoms with Crippen molar-refractivity contribution in [3.05, 3.63) is 0 Å². The summed E-state index contributed by atoms with van der Waals surface area (Å²) in [5.74, 6) is 2.48.